The second kappa shape index (κ2) is 18.3. The standard InChI is InChI=1S/C17H13NO5.2C16H11NO4/c1-23-15-5-3-2-4-10(15)9-6-11-13(19)8-12(17(21)22)18-16(11)14(20)7-9;18-11-8-4-7-10-13(11)17-14(16(20)21)12(15(10)19)9-5-2-1-3-6-9;18-13-8-12(16(20)21)17-14-11(13)7-6-10(15(14)19)9-4-2-1-3-5-9/h2-8,20H,1H3,(H,18,19)(H,21,22);1-8,18H,(H,17,19)(H,20,21);1-8,19H,(H,17,18)(H,20,21). The van der Waals surface area contributed by atoms with E-state index in [2.05, 4.69) is 15.0 Å². The largest absolute Gasteiger partial charge is 0.506 e. The average molecular weight is 874 g/mol. The van der Waals surface area contributed by atoms with Crippen LogP contribution in [0.3, 0.4) is 0 Å². The molecule has 16 heteroatoms. The maximum absolute atomic E-state index is 12.6. The minimum atomic E-state index is -1.27. The first-order chi connectivity index (χ1) is 31.2. The number of aromatic nitrogens is 3. The Bertz CT molecular complexity index is 3510. The van der Waals surface area contributed by atoms with Gasteiger partial charge in [0.05, 0.1) is 29.2 Å². The van der Waals surface area contributed by atoms with Gasteiger partial charge in [0.2, 0.25) is 0 Å². The van der Waals surface area contributed by atoms with Crippen molar-refractivity contribution in [3.63, 3.8) is 0 Å². The zero-order chi connectivity index (χ0) is 46.5. The van der Waals surface area contributed by atoms with Gasteiger partial charge in [-0.2, -0.15) is 0 Å². The molecule has 0 amide bonds. The van der Waals surface area contributed by atoms with Gasteiger partial charge in [-0.1, -0.05) is 84.9 Å². The number of fused-ring (bicyclic) bond motifs is 3. The third-order valence-corrected chi connectivity index (χ3v) is 10.2. The highest BCUT2D eigenvalue weighted by atomic mass is 16.5. The number of phenols is 3. The molecule has 0 spiro atoms. The van der Waals surface area contributed by atoms with Crippen molar-refractivity contribution in [3.8, 4) is 56.4 Å². The summed E-state index contributed by atoms with van der Waals surface area (Å²) in [5, 5.41) is 58.4. The predicted octanol–water partition coefficient (Wildman–Crippen LogP) is 7.81. The van der Waals surface area contributed by atoms with Crippen molar-refractivity contribution in [3.05, 3.63) is 187 Å². The van der Waals surface area contributed by atoms with Crippen LogP contribution in [0.1, 0.15) is 31.5 Å². The first kappa shape index (κ1) is 43.6. The van der Waals surface area contributed by atoms with E-state index in [1.807, 2.05) is 42.5 Å². The lowest BCUT2D eigenvalue weighted by molar-refractivity contribution is 0.0680. The van der Waals surface area contributed by atoms with Gasteiger partial charge in [-0.05, 0) is 59.2 Å². The number of phenolic OH excluding ortho intramolecular Hbond substituents is 3. The molecule has 16 nitrogen and oxygen atoms in total. The number of carboxylic acid groups (broad SMARTS) is 3. The lowest BCUT2D eigenvalue weighted by Crippen LogP contribution is -2.15. The summed E-state index contributed by atoms with van der Waals surface area (Å²) in [6.45, 7) is 0. The van der Waals surface area contributed by atoms with Gasteiger partial charge in [0.25, 0.3) is 0 Å². The molecule has 0 saturated heterocycles. The van der Waals surface area contributed by atoms with Gasteiger partial charge in [0.15, 0.2) is 16.3 Å². The summed E-state index contributed by atoms with van der Waals surface area (Å²) in [6.07, 6.45) is 0. The van der Waals surface area contributed by atoms with Gasteiger partial charge in [0.1, 0.15) is 40.1 Å². The molecule has 9 aromatic rings. The number of aromatic amines is 3. The number of hydrogen-bond donors (Lipinski definition) is 9. The fourth-order valence-electron chi connectivity index (χ4n) is 7.09. The van der Waals surface area contributed by atoms with Gasteiger partial charge in [-0.25, -0.2) is 14.4 Å². The van der Waals surface area contributed by atoms with Crippen LogP contribution in [0.2, 0.25) is 0 Å². The van der Waals surface area contributed by atoms with E-state index in [1.165, 1.54) is 19.2 Å². The van der Waals surface area contributed by atoms with Crippen LogP contribution in [0.25, 0.3) is 66.1 Å². The Hall–Kier alpha value is -9.44. The number of aromatic hydroxyl groups is 3. The molecule has 0 atom stereocenters. The smallest absolute Gasteiger partial charge is 0.353 e. The van der Waals surface area contributed by atoms with Gasteiger partial charge in [-0.15, -0.1) is 0 Å². The summed E-state index contributed by atoms with van der Waals surface area (Å²) in [5.41, 5.74) is 1.44. The second-order valence-electron chi connectivity index (χ2n) is 14.1. The first-order valence-corrected chi connectivity index (χ1v) is 19.3. The molecule has 3 aromatic heterocycles. The molecule has 0 bridgehead atoms. The topological polar surface area (TPSA) is 280 Å². The number of aromatic carboxylic acids is 3. The monoisotopic (exact) mass is 873 g/mol. The van der Waals surface area contributed by atoms with E-state index in [4.69, 9.17) is 14.9 Å². The number of ether oxygens (including phenoxy) is 1. The van der Waals surface area contributed by atoms with Crippen LogP contribution in [-0.2, 0) is 0 Å². The molecule has 0 aliphatic heterocycles. The van der Waals surface area contributed by atoms with Crippen molar-refractivity contribution in [1.29, 1.82) is 0 Å². The van der Waals surface area contributed by atoms with Crippen molar-refractivity contribution in [2.75, 3.05) is 7.11 Å². The fourth-order valence-corrected chi connectivity index (χ4v) is 7.09. The normalized spacial score (nSPS) is 10.7. The Balaban J connectivity index is 0.000000146. The number of nitrogens with one attached hydrogen (secondary N) is 3. The molecule has 324 valence electrons. The maximum atomic E-state index is 12.6. The Morgan fingerprint density at radius 3 is 1.66 bits per heavy atom. The lowest BCUT2D eigenvalue weighted by atomic mass is 10.0. The highest BCUT2D eigenvalue weighted by Gasteiger charge is 2.20. The quantitative estimate of drug-likeness (QED) is 0.0740. The molecule has 0 radical (unpaired) electrons. The van der Waals surface area contributed by atoms with E-state index in [-0.39, 0.29) is 72.6 Å². The third kappa shape index (κ3) is 8.84. The molecule has 9 rings (SSSR count). The van der Waals surface area contributed by atoms with Crippen molar-refractivity contribution in [1.82, 2.24) is 15.0 Å². The van der Waals surface area contributed by atoms with Gasteiger partial charge in [-0.3, -0.25) is 14.4 Å². The van der Waals surface area contributed by atoms with Gasteiger partial charge < -0.3 is 50.3 Å². The van der Waals surface area contributed by atoms with Crippen LogP contribution in [0.15, 0.2) is 154 Å². The minimum absolute atomic E-state index is 0.0844. The van der Waals surface area contributed by atoms with Crippen LogP contribution in [0.4, 0.5) is 0 Å². The summed E-state index contributed by atoms with van der Waals surface area (Å²) in [5.74, 6) is -3.68. The molecular weight excluding hydrogens is 839 g/mol. The lowest BCUT2D eigenvalue weighted by Gasteiger charge is -2.10. The Kier molecular flexibility index (Phi) is 12.3. The van der Waals surface area contributed by atoms with E-state index >= 15 is 0 Å². The Morgan fingerprint density at radius 2 is 1.05 bits per heavy atom. The zero-order valence-corrected chi connectivity index (χ0v) is 33.8. The van der Waals surface area contributed by atoms with E-state index in [1.54, 1.807) is 72.8 Å². The first-order valence-electron chi connectivity index (χ1n) is 19.3. The molecular formula is C49H35N3O13. The number of carboxylic acids is 3. The van der Waals surface area contributed by atoms with Crippen LogP contribution in [-0.4, -0.2) is 70.6 Å². The number of benzene rings is 6. The number of methoxy groups -OCH3 is 1. The average Bonchev–Trinajstić information content (AvgIpc) is 3.30. The molecule has 0 aliphatic rings. The van der Waals surface area contributed by atoms with E-state index in [0.29, 0.717) is 28.0 Å². The Labute approximate surface area is 365 Å². The number of rotatable bonds is 7. The summed E-state index contributed by atoms with van der Waals surface area (Å²) in [6, 6.07) is 37.7. The zero-order valence-electron chi connectivity index (χ0n) is 33.8. The van der Waals surface area contributed by atoms with Crippen LogP contribution < -0.4 is 21.0 Å². The number of carbonyl (C=O) groups is 3. The molecule has 0 saturated carbocycles. The second-order valence-corrected chi connectivity index (χ2v) is 14.1. The molecule has 0 fully saturated rings. The highest BCUT2D eigenvalue weighted by Crippen LogP contribution is 2.36. The van der Waals surface area contributed by atoms with Crippen LogP contribution >= 0.6 is 0 Å². The molecule has 6 aromatic carbocycles. The molecule has 9 N–H and O–H groups in total. The predicted molar refractivity (Wildman–Crippen MR) is 242 cm³/mol. The summed E-state index contributed by atoms with van der Waals surface area (Å²) in [7, 11) is 1.53. The SMILES string of the molecule is COc1ccccc1-c1cc(O)c2[nH]c(C(=O)O)cc(=O)c2c1.O=C(O)c1[nH]c2c(O)cccc2c(=O)c1-c1ccccc1.O=C(O)c1cc(=O)c2ccc(-c3ccccc3)c(O)c2[nH]1. The third-order valence-electron chi connectivity index (χ3n) is 10.2. The van der Waals surface area contributed by atoms with E-state index < -0.39 is 34.2 Å². The molecule has 65 heavy (non-hydrogen) atoms. The van der Waals surface area contributed by atoms with Crippen LogP contribution in [0, 0.1) is 0 Å². The summed E-state index contributed by atoms with van der Waals surface area (Å²) >= 11 is 0. The maximum Gasteiger partial charge on any atom is 0.353 e. The van der Waals surface area contributed by atoms with Gasteiger partial charge in [0, 0.05) is 39.4 Å². The fraction of sp³-hybridized carbons (Fsp3) is 0.0204. The number of para-hydroxylation sites is 2. The minimum Gasteiger partial charge on any atom is -0.506 e. The van der Waals surface area contributed by atoms with Crippen molar-refractivity contribution in [2.45, 2.75) is 0 Å². The van der Waals surface area contributed by atoms with Crippen molar-refractivity contribution < 1.29 is 49.8 Å². The highest BCUT2D eigenvalue weighted by molar-refractivity contribution is 6.00. The summed E-state index contributed by atoms with van der Waals surface area (Å²) in [4.78, 5) is 78.0. The van der Waals surface area contributed by atoms with Gasteiger partial charge >= 0.3 is 17.9 Å². The molecule has 0 unspecified atom stereocenters. The van der Waals surface area contributed by atoms with Crippen molar-refractivity contribution in [2.24, 2.45) is 0 Å². The number of H-pyrrole nitrogens is 3. The van der Waals surface area contributed by atoms with Crippen LogP contribution in [0.5, 0.6) is 23.0 Å². The molecule has 3 heterocycles. The van der Waals surface area contributed by atoms with Crippen molar-refractivity contribution >= 4 is 50.6 Å². The molecule has 0 aliphatic carbocycles. The Morgan fingerprint density at radius 1 is 0.477 bits per heavy atom. The number of hydrogen-bond acceptors (Lipinski definition) is 10. The summed E-state index contributed by atoms with van der Waals surface area (Å²) < 4.78 is 5.29. The van der Waals surface area contributed by atoms with E-state index in [9.17, 15) is 49.2 Å². The number of pyridine rings is 3. The van der Waals surface area contributed by atoms with E-state index in [0.717, 1.165) is 17.7 Å².